The minimum atomic E-state index is -0.482. The lowest BCUT2D eigenvalue weighted by Crippen LogP contribution is -2.38. The Hall–Kier alpha value is -3.34. The van der Waals surface area contributed by atoms with Crippen molar-refractivity contribution in [1.82, 2.24) is 5.32 Å². The molecular weight excluding hydrogens is 414 g/mol. The summed E-state index contributed by atoms with van der Waals surface area (Å²) in [7, 11) is 0. The van der Waals surface area contributed by atoms with Gasteiger partial charge in [0.05, 0.1) is 12.2 Å². The number of dihydropyridines is 1. The molecule has 172 valence electrons. The first-order valence-corrected chi connectivity index (χ1v) is 11.5. The number of Topliss-reactive ketones (excluding diaryl/α,β-unsaturated/α-hetero) is 1. The SMILES string of the molecule is CCOC(=O)C1=C(C)NC2=C(C(=O)CC(C)(C)C2)C1c1cccc(OCc2ccccc2)c1. The lowest BCUT2D eigenvalue weighted by atomic mass is 9.68. The normalized spacial score (nSPS) is 19.6. The number of nitrogens with one attached hydrogen (secondary N) is 1. The van der Waals surface area contributed by atoms with Crippen LogP contribution in [0.15, 0.2) is 77.1 Å². The first kappa shape index (κ1) is 22.8. The highest BCUT2D eigenvalue weighted by Crippen LogP contribution is 2.47. The van der Waals surface area contributed by atoms with E-state index in [1.807, 2.05) is 61.5 Å². The van der Waals surface area contributed by atoms with E-state index in [-0.39, 0.29) is 17.8 Å². The molecule has 4 rings (SSSR count). The van der Waals surface area contributed by atoms with Crippen molar-refractivity contribution in [3.05, 3.63) is 88.3 Å². The van der Waals surface area contributed by atoms with Crippen LogP contribution in [-0.4, -0.2) is 18.4 Å². The van der Waals surface area contributed by atoms with Gasteiger partial charge in [0.25, 0.3) is 0 Å². The first-order chi connectivity index (χ1) is 15.8. The van der Waals surface area contributed by atoms with Gasteiger partial charge in [-0.25, -0.2) is 4.79 Å². The molecule has 2 aromatic rings. The van der Waals surface area contributed by atoms with Crippen LogP contribution in [0, 0.1) is 5.41 Å². The Morgan fingerprint density at radius 2 is 1.85 bits per heavy atom. The second-order valence-corrected chi connectivity index (χ2v) is 9.50. The van der Waals surface area contributed by atoms with Crippen molar-refractivity contribution in [2.24, 2.45) is 5.41 Å². The largest absolute Gasteiger partial charge is 0.489 e. The minimum absolute atomic E-state index is 0.0728. The third kappa shape index (κ3) is 4.87. The standard InChI is InChI=1S/C28H31NO4/c1-5-32-27(31)24-18(2)29-22-15-28(3,4)16-23(30)26(22)25(24)20-12-9-13-21(14-20)33-17-19-10-7-6-8-11-19/h6-14,25,29H,5,15-17H2,1-4H3. The zero-order chi connectivity index (χ0) is 23.6. The topological polar surface area (TPSA) is 64.6 Å². The molecule has 2 aromatic carbocycles. The maximum absolute atomic E-state index is 13.4. The fourth-order valence-corrected chi connectivity index (χ4v) is 4.77. The van der Waals surface area contributed by atoms with Crippen molar-refractivity contribution >= 4 is 11.8 Å². The van der Waals surface area contributed by atoms with Crippen LogP contribution in [0.3, 0.4) is 0 Å². The van der Waals surface area contributed by atoms with Crippen LogP contribution in [-0.2, 0) is 20.9 Å². The van der Waals surface area contributed by atoms with Gasteiger partial charge in [-0.1, -0.05) is 56.3 Å². The predicted molar refractivity (Wildman–Crippen MR) is 127 cm³/mol. The molecule has 1 unspecified atom stereocenters. The first-order valence-electron chi connectivity index (χ1n) is 11.5. The van der Waals surface area contributed by atoms with E-state index in [4.69, 9.17) is 9.47 Å². The quantitative estimate of drug-likeness (QED) is 0.601. The van der Waals surface area contributed by atoms with Crippen LogP contribution in [0.4, 0.5) is 0 Å². The van der Waals surface area contributed by atoms with E-state index >= 15 is 0 Å². The van der Waals surface area contributed by atoms with Crippen LogP contribution in [0.5, 0.6) is 5.75 Å². The predicted octanol–water partition coefficient (Wildman–Crippen LogP) is 5.43. The van der Waals surface area contributed by atoms with Crippen molar-refractivity contribution in [2.45, 2.75) is 53.1 Å². The smallest absolute Gasteiger partial charge is 0.336 e. The van der Waals surface area contributed by atoms with Gasteiger partial charge in [0.15, 0.2) is 5.78 Å². The van der Waals surface area contributed by atoms with Crippen LogP contribution in [0.25, 0.3) is 0 Å². The molecule has 1 aliphatic heterocycles. The lowest BCUT2D eigenvalue weighted by molar-refractivity contribution is -0.138. The van der Waals surface area contributed by atoms with Crippen LogP contribution < -0.4 is 10.1 Å². The molecule has 5 heteroatoms. The summed E-state index contributed by atoms with van der Waals surface area (Å²) < 4.78 is 11.4. The summed E-state index contributed by atoms with van der Waals surface area (Å²) in [6.07, 6.45) is 1.20. The molecule has 33 heavy (non-hydrogen) atoms. The van der Waals surface area contributed by atoms with Crippen LogP contribution in [0.2, 0.25) is 0 Å². The maximum Gasteiger partial charge on any atom is 0.336 e. The molecule has 0 fully saturated rings. The molecule has 1 atom stereocenters. The zero-order valence-electron chi connectivity index (χ0n) is 19.7. The molecule has 0 saturated heterocycles. The summed E-state index contributed by atoms with van der Waals surface area (Å²) in [4.78, 5) is 26.4. The minimum Gasteiger partial charge on any atom is -0.489 e. The maximum atomic E-state index is 13.4. The Kier molecular flexibility index (Phi) is 6.41. The molecule has 0 saturated carbocycles. The number of esters is 1. The number of hydrogen-bond donors (Lipinski definition) is 1. The average Bonchev–Trinajstić information content (AvgIpc) is 2.77. The number of benzene rings is 2. The molecular formula is C28H31NO4. The van der Waals surface area contributed by atoms with Gasteiger partial charge in [-0.2, -0.15) is 0 Å². The van der Waals surface area contributed by atoms with Crippen molar-refractivity contribution < 1.29 is 19.1 Å². The van der Waals surface area contributed by atoms with Crippen LogP contribution >= 0.6 is 0 Å². The van der Waals surface area contributed by atoms with E-state index < -0.39 is 11.9 Å². The Labute approximate surface area is 195 Å². The fourth-order valence-electron chi connectivity index (χ4n) is 4.77. The van der Waals surface area contributed by atoms with E-state index in [2.05, 4.69) is 19.2 Å². The number of allylic oxidation sites excluding steroid dienone is 3. The monoisotopic (exact) mass is 445 g/mol. The molecule has 0 aromatic heterocycles. The van der Waals surface area contributed by atoms with Crippen molar-refractivity contribution in [3.63, 3.8) is 0 Å². The summed E-state index contributed by atoms with van der Waals surface area (Å²) in [6.45, 7) is 8.58. The molecule has 5 nitrogen and oxygen atoms in total. The molecule has 2 aliphatic rings. The second-order valence-electron chi connectivity index (χ2n) is 9.50. The summed E-state index contributed by atoms with van der Waals surface area (Å²) in [5.41, 5.74) is 4.59. The Morgan fingerprint density at radius 1 is 1.09 bits per heavy atom. The van der Waals surface area contributed by atoms with Gasteiger partial charge >= 0.3 is 5.97 Å². The van der Waals surface area contributed by atoms with E-state index in [0.717, 1.165) is 28.9 Å². The zero-order valence-corrected chi connectivity index (χ0v) is 19.7. The average molecular weight is 446 g/mol. The van der Waals surface area contributed by atoms with E-state index in [1.54, 1.807) is 6.92 Å². The number of rotatable bonds is 6. The Bertz CT molecular complexity index is 1130. The van der Waals surface area contributed by atoms with E-state index in [1.165, 1.54) is 0 Å². The highest BCUT2D eigenvalue weighted by molar-refractivity contribution is 6.04. The Morgan fingerprint density at radius 3 is 2.58 bits per heavy atom. The van der Waals surface area contributed by atoms with Gasteiger partial charge < -0.3 is 14.8 Å². The molecule has 0 bridgehead atoms. The van der Waals surface area contributed by atoms with Gasteiger partial charge in [0.1, 0.15) is 12.4 Å². The Balaban J connectivity index is 1.74. The van der Waals surface area contributed by atoms with Gasteiger partial charge in [-0.15, -0.1) is 0 Å². The van der Waals surface area contributed by atoms with Crippen molar-refractivity contribution in [1.29, 1.82) is 0 Å². The summed E-state index contributed by atoms with van der Waals surface area (Å²) >= 11 is 0. The molecule has 1 heterocycles. The third-order valence-corrected chi connectivity index (χ3v) is 6.17. The number of ketones is 1. The van der Waals surface area contributed by atoms with Crippen molar-refractivity contribution in [2.75, 3.05) is 6.61 Å². The van der Waals surface area contributed by atoms with Gasteiger partial charge in [0.2, 0.25) is 0 Å². The summed E-state index contributed by atoms with van der Waals surface area (Å²) in [5, 5.41) is 3.36. The lowest BCUT2D eigenvalue weighted by Gasteiger charge is -2.39. The number of carbonyl (C=O) groups is 2. The number of hydrogen-bond acceptors (Lipinski definition) is 5. The van der Waals surface area contributed by atoms with Gasteiger partial charge in [-0.3, -0.25) is 4.79 Å². The van der Waals surface area contributed by atoms with Crippen LogP contribution in [0.1, 0.15) is 57.6 Å². The highest BCUT2D eigenvalue weighted by Gasteiger charge is 2.43. The van der Waals surface area contributed by atoms with Gasteiger partial charge in [0, 0.05) is 29.3 Å². The highest BCUT2D eigenvalue weighted by atomic mass is 16.5. The molecule has 0 spiro atoms. The van der Waals surface area contributed by atoms with Gasteiger partial charge in [-0.05, 0) is 48.9 Å². The van der Waals surface area contributed by atoms with E-state index in [9.17, 15) is 9.59 Å². The fraction of sp³-hybridized carbons (Fsp3) is 0.357. The number of carbonyl (C=O) groups excluding carboxylic acids is 2. The van der Waals surface area contributed by atoms with E-state index in [0.29, 0.717) is 29.9 Å². The molecule has 0 radical (unpaired) electrons. The molecule has 0 amide bonds. The van der Waals surface area contributed by atoms with Crippen molar-refractivity contribution in [3.8, 4) is 5.75 Å². The second kappa shape index (κ2) is 9.26. The summed E-state index contributed by atoms with van der Waals surface area (Å²) in [5.74, 6) is -0.110. The third-order valence-electron chi connectivity index (χ3n) is 6.17. The molecule has 1 N–H and O–H groups in total. The molecule has 1 aliphatic carbocycles. The summed E-state index contributed by atoms with van der Waals surface area (Å²) in [6, 6.07) is 17.7. The number of ether oxygens (including phenoxy) is 2.